The van der Waals surface area contributed by atoms with Crippen LogP contribution < -0.4 is 5.32 Å². The van der Waals surface area contributed by atoms with Gasteiger partial charge in [0.25, 0.3) is 5.69 Å². The van der Waals surface area contributed by atoms with Crippen LogP contribution in [0.1, 0.15) is 29.5 Å². The monoisotopic (exact) mass is 360 g/mol. The zero-order valence-corrected chi connectivity index (χ0v) is 14.1. The molecule has 2 aliphatic rings. The van der Waals surface area contributed by atoms with Gasteiger partial charge in [-0.15, -0.1) is 0 Å². The van der Waals surface area contributed by atoms with Crippen LogP contribution in [0.3, 0.4) is 0 Å². The normalized spacial score (nSPS) is 24.2. The first-order valence-corrected chi connectivity index (χ1v) is 8.47. The predicted octanol–water partition coefficient (Wildman–Crippen LogP) is 5.73. The van der Waals surface area contributed by atoms with E-state index in [2.05, 4.69) is 17.5 Å². The highest BCUT2D eigenvalue weighted by Gasteiger charge is 2.39. The molecule has 1 aliphatic carbocycles. The molecule has 3 unspecified atom stereocenters. The minimum atomic E-state index is -0.385. The highest BCUT2D eigenvalue weighted by molar-refractivity contribution is 6.36. The number of benzene rings is 2. The molecule has 1 aliphatic heterocycles. The number of hydrogen-bond acceptors (Lipinski definition) is 3. The van der Waals surface area contributed by atoms with Gasteiger partial charge in [0.15, 0.2) is 0 Å². The SMILES string of the molecule is O=[N+]([O-])c1ccc(C2Nc3c(Cl)ccc(Cl)c3C3C=CCC32)cc1. The summed E-state index contributed by atoms with van der Waals surface area (Å²) in [7, 11) is 0. The van der Waals surface area contributed by atoms with Crippen molar-refractivity contribution in [1.82, 2.24) is 0 Å². The molecule has 3 atom stereocenters. The third-order valence-electron chi connectivity index (χ3n) is 4.88. The zero-order valence-electron chi connectivity index (χ0n) is 12.6. The molecule has 4 nitrogen and oxygen atoms in total. The third-order valence-corrected chi connectivity index (χ3v) is 5.52. The van der Waals surface area contributed by atoms with Gasteiger partial charge in [0.2, 0.25) is 0 Å². The van der Waals surface area contributed by atoms with E-state index in [1.54, 1.807) is 18.2 Å². The van der Waals surface area contributed by atoms with Crippen molar-refractivity contribution in [2.45, 2.75) is 18.4 Å². The van der Waals surface area contributed by atoms with Crippen LogP contribution in [0.15, 0.2) is 48.6 Å². The largest absolute Gasteiger partial charge is 0.376 e. The summed E-state index contributed by atoms with van der Waals surface area (Å²) in [6.45, 7) is 0. The molecule has 2 aromatic rings. The van der Waals surface area contributed by atoms with Crippen LogP contribution >= 0.6 is 23.2 Å². The van der Waals surface area contributed by atoms with Crippen LogP contribution in [-0.4, -0.2) is 4.92 Å². The Morgan fingerprint density at radius 1 is 1.08 bits per heavy atom. The van der Waals surface area contributed by atoms with Gasteiger partial charge in [0.05, 0.1) is 21.7 Å². The number of non-ortho nitro benzene ring substituents is 1. The third kappa shape index (κ3) is 2.38. The second-order valence-corrected chi connectivity index (χ2v) is 6.96. The molecule has 2 aromatic carbocycles. The summed E-state index contributed by atoms with van der Waals surface area (Å²) in [5.74, 6) is 0.516. The van der Waals surface area contributed by atoms with Gasteiger partial charge in [-0.05, 0) is 30.0 Å². The van der Waals surface area contributed by atoms with Crippen molar-refractivity contribution in [3.8, 4) is 0 Å². The summed E-state index contributed by atoms with van der Waals surface area (Å²) in [5.41, 5.74) is 3.01. The lowest BCUT2D eigenvalue weighted by Crippen LogP contribution is -2.29. The Bertz CT molecular complexity index is 849. The number of nitrogens with zero attached hydrogens (tertiary/aromatic N) is 1. The van der Waals surface area contributed by atoms with Gasteiger partial charge in [0, 0.05) is 28.6 Å². The molecule has 0 saturated carbocycles. The van der Waals surface area contributed by atoms with Crippen LogP contribution in [-0.2, 0) is 0 Å². The van der Waals surface area contributed by atoms with Gasteiger partial charge in [-0.25, -0.2) is 0 Å². The smallest absolute Gasteiger partial charge is 0.269 e. The predicted molar refractivity (Wildman–Crippen MR) is 95.9 cm³/mol. The lowest BCUT2D eigenvalue weighted by molar-refractivity contribution is -0.384. The molecule has 0 spiro atoms. The van der Waals surface area contributed by atoms with Crippen molar-refractivity contribution in [3.05, 3.63) is 79.8 Å². The molecule has 0 fully saturated rings. The maximum Gasteiger partial charge on any atom is 0.269 e. The average molecular weight is 361 g/mol. The Balaban J connectivity index is 1.78. The highest BCUT2D eigenvalue weighted by atomic mass is 35.5. The summed E-state index contributed by atoms with van der Waals surface area (Å²) >= 11 is 12.8. The first kappa shape index (κ1) is 15.5. The summed E-state index contributed by atoms with van der Waals surface area (Å²) in [6.07, 6.45) is 5.29. The molecule has 0 saturated heterocycles. The van der Waals surface area contributed by atoms with Gasteiger partial charge < -0.3 is 5.32 Å². The highest BCUT2D eigenvalue weighted by Crippen LogP contribution is 2.53. The van der Waals surface area contributed by atoms with Gasteiger partial charge in [-0.1, -0.05) is 47.5 Å². The number of hydrogen-bond donors (Lipinski definition) is 1. The number of allylic oxidation sites excluding steroid dienone is 2. The molecule has 0 amide bonds. The molecular formula is C18H14Cl2N2O2. The quantitative estimate of drug-likeness (QED) is 0.422. The van der Waals surface area contributed by atoms with Crippen molar-refractivity contribution in [1.29, 1.82) is 0 Å². The number of nitrogens with one attached hydrogen (secondary N) is 1. The van der Waals surface area contributed by atoms with E-state index in [0.717, 1.165) is 23.2 Å². The standard InChI is InChI=1S/C18H14Cl2N2O2/c19-14-8-9-15(20)18-16(14)12-2-1-3-13(12)17(21-18)10-4-6-11(7-5-10)22(23)24/h1-2,4-9,12-13,17,21H,3H2. The first-order valence-electron chi connectivity index (χ1n) is 7.71. The van der Waals surface area contributed by atoms with Crippen LogP contribution in [0.5, 0.6) is 0 Å². The molecule has 6 heteroatoms. The molecule has 1 N–H and O–H groups in total. The van der Waals surface area contributed by atoms with E-state index in [1.807, 2.05) is 18.2 Å². The van der Waals surface area contributed by atoms with Gasteiger partial charge in [-0.2, -0.15) is 0 Å². The van der Waals surface area contributed by atoms with Crippen LogP contribution in [0.4, 0.5) is 11.4 Å². The van der Waals surface area contributed by atoms with Crippen molar-refractivity contribution < 1.29 is 4.92 Å². The Hall–Kier alpha value is -2.04. The average Bonchev–Trinajstić information content (AvgIpc) is 3.07. The fourth-order valence-corrected chi connectivity index (χ4v) is 4.26. The van der Waals surface area contributed by atoms with E-state index >= 15 is 0 Å². The van der Waals surface area contributed by atoms with Crippen LogP contribution in [0.2, 0.25) is 10.0 Å². The molecule has 0 bridgehead atoms. The minimum absolute atomic E-state index is 0.0364. The van der Waals surface area contributed by atoms with E-state index in [0.29, 0.717) is 16.0 Å². The lowest BCUT2D eigenvalue weighted by Gasteiger charge is -2.38. The lowest BCUT2D eigenvalue weighted by atomic mass is 9.77. The van der Waals surface area contributed by atoms with Crippen molar-refractivity contribution in [2.75, 3.05) is 5.32 Å². The van der Waals surface area contributed by atoms with Crippen LogP contribution in [0, 0.1) is 16.0 Å². The fraction of sp³-hybridized carbons (Fsp3) is 0.222. The van der Waals surface area contributed by atoms with Crippen molar-refractivity contribution in [2.24, 2.45) is 5.92 Å². The summed E-state index contributed by atoms with van der Waals surface area (Å²) < 4.78 is 0. The summed E-state index contributed by atoms with van der Waals surface area (Å²) in [5, 5.41) is 15.7. The van der Waals surface area contributed by atoms with Gasteiger partial charge in [-0.3, -0.25) is 10.1 Å². The summed E-state index contributed by atoms with van der Waals surface area (Å²) in [6, 6.07) is 10.4. The molecule has 0 radical (unpaired) electrons. The minimum Gasteiger partial charge on any atom is -0.376 e. The topological polar surface area (TPSA) is 55.2 Å². The number of anilines is 1. The molecule has 0 aromatic heterocycles. The Morgan fingerprint density at radius 3 is 2.50 bits per heavy atom. The number of fused-ring (bicyclic) bond motifs is 3. The zero-order chi connectivity index (χ0) is 16.8. The Labute approximate surface area is 149 Å². The molecule has 122 valence electrons. The number of rotatable bonds is 2. The Morgan fingerprint density at radius 2 is 1.79 bits per heavy atom. The van der Waals surface area contributed by atoms with E-state index < -0.39 is 0 Å². The van der Waals surface area contributed by atoms with E-state index in [-0.39, 0.29) is 22.6 Å². The van der Waals surface area contributed by atoms with E-state index in [1.165, 1.54) is 0 Å². The van der Waals surface area contributed by atoms with Gasteiger partial charge in [0.1, 0.15) is 0 Å². The van der Waals surface area contributed by atoms with E-state index in [9.17, 15) is 10.1 Å². The van der Waals surface area contributed by atoms with Crippen molar-refractivity contribution >= 4 is 34.6 Å². The first-order chi connectivity index (χ1) is 11.6. The second-order valence-electron chi connectivity index (χ2n) is 6.14. The molecule has 24 heavy (non-hydrogen) atoms. The maximum absolute atomic E-state index is 10.9. The fourth-order valence-electron chi connectivity index (χ4n) is 3.76. The molecular weight excluding hydrogens is 347 g/mol. The Kier molecular flexibility index (Phi) is 3.74. The number of halogens is 2. The molecule has 4 rings (SSSR count). The van der Waals surface area contributed by atoms with Crippen LogP contribution in [0.25, 0.3) is 0 Å². The maximum atomic E-state index is 10.9. The van der Waals surface area contributed by atoms with E-state index in [4.69, 9.17) is 23.2 Å². The summed E-state index contributed by atoms with van der Waals surface area (Å²) in [4.78, 5) is 10.5. The number of nitro groups is 1. The van der Waals surface area contributed by atoms with Gasteiger partial charge >= 0.3 is 0 Å². The second kappa shape index (κ2) is 5.80. The van der Waals surface area contributed by atoms with Crippen molar-refractivity contribution in [3.63, 3.8) is 0 Å². The number of nitro benzene ring substituents is 1. The molecule has 1 heterocycles.